The molecule has 0 bridgehead atoms. The lowest BCUT2D eigenvalue weighted by molar-refractivity contribution is -0.130. The van der Waals surface area contributed by atoms with Gasteiger partial charge < -0.3 is 36.1 Å². The van der Waals surface area contributed by atoms with Crippen molar-refractivity contribution in [1.29, 1.82) is 0 Å². The average molecular weight is 1060 g/mol. The van der Waals surface area contributed by atoms with E-state index in [1.807, 2.05) is 13.8 Å². The number of carbonyl (C=O) groups is 5. The van der Waals surface area contributed by atoms with Gasteiger partial charge in [-0.15, -0.1) is 0 Å². The first kappa shape index (κ1) is 71.8. The van der Waals surface area contributed by atoms with E-state index < -0.39 is 6.04 Å². The molecule has 0 aromatic heterocycles. The molecule has 1 atom stereocenters. The predicted octanol–water partition coefficient (Wildman–Crippen LogP) is 14.4. The molecule has 0 saturated heterocycles. The van der Waals surface area contributed by atoms with Gasteiger partial charge >= 0.3 is 0 Å². The third-order valence-corrected chi connectivity index (χ3v) is 13.7. The first-order valence-electron chi connectivity index (χ1n) is 31.5. The summed E-state index contributed by atoms with van der Waals surface area (Å²) in [4.78, 5) is 62.8. The average Bonchev–Trinajstić information content (AvgIpc) is 3.39. The number of allylic oxidation sites excluding steroid dienone is 4. The molecule has 75 heavy (non-hydrogen) atoms. The highest BCUT2D eigenvalue weighted by molar-refractivity contribution is 5.88. The van der Waals surface area contributed by atoms with E-state index in [0.29, 0.717) is 58.7 Å². The molecule has 438 valence electrons. The Bertz CT molecular complexity index is 1370. The molecule has 0 aliphatic carbocycles. The largest absolute Gasteiger partial charge is 0.380 e. The Balaban J connectivity index is 3.88. The Morgan fingerprint density at radius 2 is 0.693 bits per heavy atom. The maximum atomic E-state index is 13.1. The van der Waals surface area contributed by atoms with Crippen LogP contribution in [0.15, 0.2) is 24.3 Å². The van der Waals surface area contributed by atoms with Crippen molar-refractivity contribution in [1.82, 2.24) is 26.6 Å². The van der Waals surface area contributed by atoms with Gasteiger partial charge in [0.05, 0.1) is 19.8 Å². The summed E-state index contributed by atoms with van der Waals surface area (Å²) in [5.74, 6) is -0.573. The van der Waals surface area contributed by atoms with Crippen LogP contribution in [-0.4, -0.2) is 88.2 Å². The Kier molecular flexibility index (Phi) is 55.9. The van der Waals surface area contributed by atoms with Gasteiger partial charge in [-0.2, -0.15) is 0 Å². The van der Waals surface area contributed by atoms with E-state index >= 15 is 0 Å². The van der Waals surface area contributed by atoms with Crippen molar-refractivity contribution >= 4 is 29.5 Å². The van der Waals surface area contributed by atoms with E-state index in [-0.39, 0.29) is 67.9 Å². The Labute approximate surface area is 461 Å². The van der Waals surface area contributed by atoms with Crippen LogP contribution in [0.2, 0.25) is 0 Å². The summed E-state index contributed by atoms with van der Waals surface area (Å²) in [5, 5.41) is 14.3. The van der Waals surface area contributed by atoms with Crippen LogP contribution in [0, 0.1) is 5.92 Å². The molecule has 0 aromatic rings. The molecular formula is C63H119N5O7. The molecule has 0 aliphatic rings. The van der Waals surface area contributed by atoms with Crippen LogP contribution in [0.4, 0.5) is 0 Å². The first-order chi connectivity index (χ1) is 36.7. The van der Waals surface area contributed by atoms with Gasteiger partial charge in [0.25, 0.3) is 0 Å². The van der Waals surface area contributed by atoms with Gasteiger partial charge in [-0.1, -0.05) is 206 Å². The molecule has 0 unspecified atom stereocenters. The van der Waals surface area contributed by atoms with Crippen LogP contribution in [0.25, 0.3) is 0 Å². The summed E-state index contributed by atoms with van der Waals surface area (Å²) < 4.78 is 11.3. The molecule has 0 saturated carbocycles. The lowest BCUT2D eigenvalue weighted by Gasteiger charge is -2.19. The number of rotatable bonds is 58. The molecule has 0 fully saturated rings. The lowest BCUT2D eigenvalue weighted by atomic mass is 10.1. The van der Waals surface area contributed by atoms with E-state index in [1.165, 1.54) is 193 Å². The van der Waals surface area contributed by atoms with Crippen LogP contribution >= 0.6 is 0 Å². The van der Waals surface area contributed by atoms with Crippen molar-refractivity contribution in [2.24, 2.45) is 5.92 Å². The summed E-state index contributed by atoms with van der Waals surface area (Å²) in [6.45, 7) is 11.4. The second kappa shape index (κ2) is 58.4. The van der Waals surface area contributed by atoms with Crippen LogP contribution in [0.5, 0.6) is 0 Å². The van der Waals surface area contributed by atoms with Gasteiger partial charge in [-0.25, -0.2) is 0 Å². The van der Waals surface area contributed by atoms with Crippen molar-refractivity contribution in [2.75, 3.05) is 52.6 Å². The third-order valence-electron chi connectivity index (χ3n) is 13.7. The monoisotopic (exact) mass is 1060 g/mol. The highest BCUT2D eigenvalue weighted by atomic mass is 16.5. The van der Waals surface area contributed by atoms with Crippen molar-refractivity contribution < 1.29 is 33.4 Å². The minimum Gasteiger partial charge on any atom is -0.380 e. The Morgan fingerprint density at radius 3 is 1.09 bits per heavy atom. The number of carbonyl (C=O) groups excluding carboxylic acids is 5. The first-order valence-corrected chi connectivity index (χ1v) is 31.5. The minimum atomic E-state index is -0.850. The molecule has 12 nitrogen and oxygen atoms in total. The standard InChI is InChI=1S/C63H119N5O7/c1-5-7-9-11-13-15-17-19-21-23-25-27-29-31-33-35-37-39-41-44-59(69)64-48-43-52-74-53-49-66-61(71)47-46-58(68-62(72)56-57(3)4)63(73)67-51-55-75-54-50-65-60(70)45-42-40-38-36-34-32-30-28-26-24-22-20-18-16-14-12-10-8-6-2/h19-22,57-58H,5-18,23-56H2,1-4H3,(H,64,69)(H,65,70)(H,66,71)(H,67,73)(H,68,72)/b21-19-,22-20-/t58-/m0/s1. The Hall–Kier alpha value is -3.25. The second-order valence-electron chi connectivity index (χ2n) is 21.7. The molecule has 0 aromatic carbocycles. The maximum absolute atomic E-state index is 13.1. The van der Waals surface area contributed by atoms with E-state index in [0.717, 1.165) is 25.7 Å². The summed E-state index contributed by atoms with van der Waals surface area (Å²) in [6, 6.07) is -0.850. The maximum Gasteiger partial charge on any atom is 0.242 e. The smallest absolute Gasteiger partial charge is 0.242 e. The molecule has 0 rings (SSSR count). The zero-order valence-electron chi connectivity index (χ0n) is 49.3. The van der Waals surface area contributed by atoms with Crippen molar-refractivity contribution in [3.05, 3.63) is 24.3 Å². The number of ether oxygens (including phenoxy) is 2. The topological polar surface area (TPSA) is 164 Å². The fourth-order valence-corrected chi connectivity index (χ4v) is 9.06. The zero-order chi connectivity index (χ0) is 54.8. The summed E-state index contributed by atoms with van der Waals surface area (Å²) >= 11 is 0. The van der Waals surface area contributed by atoms with E-state index in [1.54, 1.807) is 0 Å². The number of hydrogen-bond acceptors (Lipinski definition) is 7. The normalized spacial score (nSPS) is 12.0. The molecule has 0 heterocycles. The van der Waals surface area contributed by atoms with Crippen molar-refractivity contribution in [2.45, 2.75) is 291 Å². The number of unbranched alkanes of at least 4 members (excludes halogenated alkanes) is 30. The summed E-state index contributed by atoms with van der Waals surface area (Å²) in [6.07, 6.45) is 55.2. The van der Waals surface area contributed by atoms with Crippen LogP contribution in [0.3, 0.4) is 0 Å². The fraction of sp³-hybridized carbons (Fsp3) is 0.857. The lowest BCUT2D eigenvalue weighted by Crippen LogP contribution is -2.48. The molecule has 0 spiro atoms. The number of hydrogen-bond donors (Lipinski definition) is 5. The van der Waals surface area contributed by atoms with E-state index in [2.05, 4.69) is 64.7 Å². The van der Waals surface area contributed by atoms with Gasteiger partial charge in [-0.3, -0.25) is 24.0 Å². The van der Waals surface area contributed by atoms with Gasteiger partial charge in [0.2, 0.25) is 29.5 Å². The fourth-order valence-electron chi connectivity index (χ4n) is 9.06. The molecule has 12 heteroatoms. The number of nitrogens with one attached hydrogen (secondary N) is 5. The van der Waals surface area contributed by atoms with Crippen LogP contribution in [-0.2, 0) is 33.4 Å². The van der Waals surface area contributed by atoms with Gasteiger partial charge in [0.1, 0.15) is 6.04 Å². The summed E-state index contributed by atoms with van der Waals surface area (Å²) in [7, 11) is 0. The summed E-state index contributed by atoms with van der Waals surface area (Å²) in [5.41, 5.74) is 0. The van der Waals surface area contributed by atoms with Crippen LogP contribution in [0.1, 0.15) is 285 Å². The highest BCUT2D eigenvalue weighted by Gasteiger charge is 2.22. The highest BCUT2D eigenvalue weighted by Crippen LogP contribution is 2.15. The van der Waals surface area contributed by atoms with E-state index in [4.69, 9.17) is 9.47 Å². The van der Waals surface area contributed by atoms with E-state index in [9.17, 15) is 24.0 Å². The SMILES string of the molecule is CCCCCCCC/C=C\CCCCCCCCCCCC(=O)NCCCOCCNC(=O)CC[C@H](NC(=O)CC(C)C)C(=O)NCCOCCNC(=O)CCCCCCCCCCC/C=C\CCCCCCCC. The second-order valence-corrected chi connectivity index (χ2v) is 21.7. The minimum absolute atomic E-state index is 0.0384. The van der Waals surface area contributed by atoms with Crippen LogP contribution < -0.4 is 26.6 Å². The Morgan fingerprint density at radius 1 is 0.360 bits per heavy atom. The van der Waals surface area contributed by atoms with Gasteiger partial charge in [0, 0.05) is 58.5 Å². The quantitative estimate of drug-likeness (QED) is 0.0299. The molecule has 5 amide bonds. The molecule has 0 radical (unpaired) electrons. The van der Waals surface area contributed by atoms with Crippen molar-refractivity contribution in [3.8, 4) is 0 Å². The van der Waals surface area contributed by atoms with Gasteiger partial charge in [-0.05, 0) is 83.0 Å². The molecule has 5 N–H and O–H groups in total. The van der Waals surface area contributed by atoms with Gasteiger partial charge in [0.15, 0.2) is 0 Å². The molecular weight excluding hydrogens is 939 g/mol. The van der Waals surface area contributed by atoms with Crippen molar-refractivity contribution in [3.63, 3.8) is 0 Å². The molecule has 0 aliphatic heterocycles. The zero-order valence-corrected chi connectivity index (χ0v) is 49.3. The third kappa shape index (κ3) is 56.8. The predicted molar refractivity (Wildman–Crippen MR) is 315 cm³/mol. The number of amides is 5.